The van der Waals surface area contributed by atoms with Gasteiger partial charge in [-0.15, -0.1) is 24.8 Å². The van der Waals surface area contributed by atoms with Gasteiger partial charge in [-0.2, -0.15) is 0 Å². The number of carbonyl (C=O) groups excluding carboxylic acids is 1. The second kappa shape index (κ2) is 13.6. The lowest BCUT2D eigenvalue weighted by Gasteiger charge is -2.46. The fourth-order valence-electron chi connectivity index (χ4n) is 6.26. The monoisotopic (exact) mass is 611 g/mol. The second-order valence-electron chi connectivity index (χ2n) is 12.3. The zero-order valence-electron chi connectivity index (χ0n) is 24.5. The lowest BCUT2D eigenvalue weighted by Crippen LogP contribution is -2.63. The number of benzene rings is 1. The van der Waals surface area contributed by atoms with Crippen molar-refractivity contribution >= 4 is 36.4 Å². The molecule has 1 aromatic carbocycles. The van der Waals surface area contributed by atoms with E-state index in [1.165, 1.54) is 12.1 Å². The molecule has 5 rings (SSSR count). The fourth-order valence-corrected chi connectivity index (χ4v) is 6.26. The maximum atomic E-state index is 13.9. The van der Waals surface area contributed by atoms with Crippen LogP contribution < -0.4 is 10.2 Å². The summed E-state index contributed by atoms with van der Waals surface area (Å²) < 4.78 is 19.1. The number of fused-ring (bicyclic) bond motifs is 1. The molecule has 0 radical (unpaired) electrons. The Bertz CT molecular complexity index is 1180. The van der Waals surface area contributed by atoms with E-state index in [9.17, 15) is 14.3 Å². The number of ether oxygens (including phenoxy) is 1. The van der Waals surface area contributed by atoms with Gasteiger partial charge in [0.1, 0.15) is 11.9 Å². The summed E-state index contributed by atoms with van der Waals surface area (Å²) in [6.45, 7) is 15.6. The Morgan fingerprint density at radius 3 is 2.46 bits per heavy atom. The van der Waals surface area contributed by atoms with Gasteiger partial charge < -0.3 is 20.1 Å². The number of carbonyl (C=O) groups is 1. The number of amides is 1. The number of aliphatic hydroxyl groups is 1. The van der Waals surface area contributed by atoms with E-state index in [1.807, 2.05) is 11.0 Å². The van der Waals surface area contributed by atoms with Crippen molar-refractivity contribution < 1.29 is 19.0 Å². The van der Waals surface area contributed by atoms with Crippen molar-refractivity contribution in [1.82, 2.24) is 20.1 Å². The minimum Gasteiger partial charge on any atom is -0.384 e. The normalized spacial score (nSPS) is 27.0. The molecule has 8 nitrogen and oxygen atoms in total. The standard InChI is InChI=1S/C30H42FN5O3.2ClH/c1-19-13-34(25(12-32-19)14-35-20(2)16-39-17-21(35)3)15-27(37)36-18-30(4,5)29-26(36)10-23(11-33-29)28(38)22-6-8-24(31)9-7-22;;/h6-11,19-21,25,28,32,38H,12-18H2,1-5H3;2*1H/t19-,20-,21-,25-,28+;;/m1../s1. The van der Waals surface area contributed by atoms with Gasteiger partial charge in [0.25, 0.3) is 0 Å². The number of rotatable bonds is 6. The molecule has 1 amide bonds. The molecule has 3 aliphatic heterocycles. The number of anilines is 1. The summed E-state index contributed by atoms with van der Waals surface area (Å²) in [5.74, 6) is -0.311. The van der Waals surface area contributed by atoms with E-state index in [0.717, 1.165) is 44.2 Å². The first-order chi connectivity index (χ1) is 18.5. The lowest BCUT2D eigenvalue weighted by atomic mass is 9.90. The molecule has 41 heavy (non-hydrogen) atoms. The molecule has 1 aromatic heterocycles. The molecule has 2 saturated heterocycles. The van der Waals surface area contributed by atoms with Crippen molar-refractivity contribution in [3.05, 3.63) is 59.2 Å². The Morgan fingerprint density at radius 1 is 1.15 bits per heavy atom. The number of hydrogen-bond acceptors (Lipinski definition) is 7. The SMILES string of the molecule is C[C@@H]1CN(CC(=O)N2CC(C)(C)c3ncc([C@@H](O)c4ccc(F)cc4)cc32)[C@@H](CN2[C@H](C)COC[C@H]2C)CN1.Cl.Cl. The molecular weight excluding hydrogens is 568 g/mol. The van der Waals surface area contributed by atoms with Crippen LogP contribution in [0.5, 0.6) is 0 Å². The van der Waals surface area contributed by atoms with Gasteiger partial charge in [0.15, 0.2) is 0 Å². The fraction of sp³-hybridized carbons (Fsp3) is 0.600. The van der Waals surface area contributed by atoms with Crippen LogP contribution in [0.2, 0.25) is 0 Å². The van der Waals surface area contributed by atoms with Crippen molar-refractivity contribution in [2.45, 2.75) is 70.3 Å². The molecule has 0 unspecified atom stereocenters. The Balaban J connectivity index is 0.00000231. The predicted octanol–water partition coefficient (Wildman–Crippen LogP) is 3.54. The third-order valence-electron chi connectivity index (χ3n) is 8.51. The second-order valence-corrected chi connectivity index (χ2v) is 12.3. The number of hydrogen-bond donors (Lipinski definition) is 2. The molecule has 2 N–H and O–H groups in total. The Kier molecular flexibility index (Phi) is 11.2. The van der Waals surface area contributed by atoms with Crippen LogP contribution in [-0.2, 0) is 14.9 Å². The average Bonchev–Trinajstić information content (AvgIpc) is 3.17. The van der Waals surface area contributed by atoms with Crippen LogP contribution in [0.25, 0.3) is 0 Å². The molecule has 228 valence electrons. The van der Waals surface area contributed by atoms with Crippen LogP contribution in [0.15, 0.2) is 36.5 Å². The number of aromatic nitrogens is 1. The average molecular weight is 613 g/mol. The molecule has 11 heteroatoms. The number of nitrogens with zero attached hydrogens (tertiary/aromatic N) is 4. The van der Waals surface area contributed by atoms with Crippen LogP contribution in [0.1, 0.15) is 57.5 Å². The van der Waals surface area contributed by atoms with E-state index < -0.39 is 6.10 Å². The molecule has 2 fully saturated rings. The Labute approximate surface area is 255 Å². The van der Waals surface area contributed by atoms with Gasteiger partial charge in [-0.3, -0.25) is 19.6 Å². The number of aliphatic hydroxyl groups excluding tert-OH is 1. The first-order valence-corrected chi connectivity index (χ1v) is 14.1. The number of morpholine rings is 1. The molecule has 2 aromatic rings. The summed E-state index contributed by atoms with van der Waals surface area (Å²) in [6, 6.07) is 8.89. The van der Waals surface area contributed by atoms with E-state index in [1.54, 1.807) is 18.3 Å². The maximum Gasteiger partial charge on any atom is 0.241 e. The number of pyridine rings is 1. The van der Waals surface area contributed by atoms with E-state index in [2.05, 4.69) is 49.7 Å². The minimum absolute atomic E-state index is 0. The number of piperazine rings is 1. The first-order valence-electron chi connectivity index (χ1n) is 14.1. The van der Waals surface area contributed by atoms with Crippen LogP contribution in [0.4, 0.5) is 10.1 Å². The first kappa shape index (κ1) is 33.6. The third-order valence-corrected chi connectivity index (χ3v) is 8.51. The molecular formula is C30H44Cl2FN5O3. The summed E-state index contributed by atoms with van der Waals surface area (Å²) in [7, 11) is 0. The van der Waals surface area contributed by atoms with Gasteiger partial charge in [0, 0.05) is 67.5 Å². The topological polar surface area (TPSA) is 81.2 Å². The van der Waals surface area contributed by atoms with Gasteiger partial charge in [-0.1, -0.05) is 26.0 Å². The molecule has 5 atom stereocenters. The van der Waals surface area contributed by atoms with E-state index in [-0.39, 0.29) is 48.0 Å². The Morgan fingerprint density at radius 2 is 1.80 bits per heavy atom. The summed E-state index contributed by atoms with van der Waals surface area (Å²) in [6.07, 6.45) is 0.710. The van der Waals surface area contributed by atoms with Crippen molar-refractivity contribution in [3.63, 3.8) is 0 Å². The van der Waals surface area contributed by atoms with Crippen molar-refractivity contribution in [2.24, 2.45) is 0 Å². The zero-order chi connectivity index (χ0) is 27.9. The molecule has 0 saturated carbocycles. The minimum atomic E-state index is -0.958. The predicted molar refractivity (Wildman–Crippen MR) is 164 cm³/mol. The summed E-state index contributed by atoms with van der Waals surface area (Å²) in [5, 5.41) is 14.6. The van der Waals surface area contributed by atoms with Gasteiger partial charge >= 0.3 is 0 Å². The van der Waals surface area contributed by atoms with E-state index in [0.29, 0.717) is 42.3 Å². The highest BCUT2D eigenvalue weighted by molar-refractivity contribution is 5.97. The van der Waals surface area contributed by atoms with Crippen molar-refractivity contribution in [1.29, 1.82) is 0 Å². The van der Waals surface area contributed by atoms with E-state index >= 15 is 0 Å². The highest BCUT2D eigenvalue weighted by Crippen LogP contribution is 2.41. The maximum absolute atomic E-state index is 13.9. The Hall–Kier alpha value is -1.85. The third kappa shape index (κ3) is 7.21. The number of halogens is 3. The summed E-state index contributed by atoms with van der Waals surface area (Å²) in [4.78, 5) is 25.3. The smallest absolute Gasteiger partial charge is 0.241 e. The van der Waals surface area contributed by atoms with Crippen LogP contribution >= 0.6 is 24.8 Å². The number of nitrogens with one attached hydrogen (secondary N) is 1. The van der Waals surface area contributed by atoms with Crippen molar-refractivity contribution in [2.75, 3.05) is 50.8 Å². The van der Waals surface area contributed by atoms with Crippen molar-refractivity contribution in [3.8, 4) is 0 Å². The van der Waals surface area contributed by atoms with Gasteiger partial charge in [-0.05, 0) is 44.5 Å². The van der Waals surface area contributed by atoms with E-state index in [4.69, 9.17) is 9.72 Å². The lowest BCUT2D eigenvalue weighted by molar-refractivity contribution is -0.121. The summed E-state index contributed by atoms with van der Waals surface area (Å²) in [5.41, 5.74) is 2.46. The largest absolute Gasteiger partial charge is 0.384 e. The van der Waals surface area contributed by atoms with Gasteiger partial charge in [0.2, 0.25) is 5.91 Å². The highest BCUT2D eigenvalue weighted by atomic mass is 35.5. The molecule has 0 bridgehead atoms. The highest BCUT2D eigenvalue weighted by Gasteiger charge is 2.41. The molecule has 0 spiro atoms. The van der Waals surface area contributed by atoms with Crippen LogP contribution in [0.3, 0.4) is 0 Å². The quantitative estimate of drug-likeness (QED) is 0.517. The van der Waals surface area contributed by atoms with Gasteiger partial charge in [0.05, 0.1) is 31.1 Å². The molecule has 3 aliphatic rings. The zero-order valence-corrected chi connectivity index (χ0v) is 26.2. The van der Waals surface area contributed by atoms with Gasteiger partial charge in [-0.25, -0.2) is 4.39 Å². The van der Waals surface area contributed by atoms with Crippen LogP contribution in [-0.4, -0.2) is 95.9 Å². The molecule has 0 aliphatic carbocycles. The molecule has 4 heterocycles. The van der Waals surface area contributed by atoms with Crippen LogP contribution in [0, 0.1) is 5.82 Å². The summed E-state index contributed by atoms with van der Waals surface area (Å²) >= 11 is 0.